The van der Waals surface area contributed by atoms with Crippen molar-refractivity contribution >= 4 is 0 Å². The fourth-order valence-corrected chi connectivity index (χ4v) is 5.68. The lowest BCUT2D eigenvalue weighted by Crippen LogP contribution is -2.32. The predicted molar refractivity (Wildman–Crippen MR) is 123 cm³/mol. The number of aliphatic hydroxyl groups excluding tert-OH is 1. The van der Waals surface area contributed by atoms with Crippen LogP contribution in [0, 0.1) is 23.2 Å². The van der Waals surface area contributed by atoms with E-state index < -0.39 is 5.60 Å². The largest absolute Gasteiger partial charge is 0.393 e. The van der Waals surface area contributed by atoms with Crippen LogP contribution in [-0.4, -0.2) is 21.9 Å². The number of hydrogen-bond donors (Lipinski definition) is 2. The molecular formula is C27H42O2. The normalized spacial score (nSPS) is 35.8. The maximum atomic E-state index is 10.2. The Morgan fingerprint density at radius 3 is 2.59 bits per heavy atom. The molecule has 2 heteroatoms. The molecule has 0 aliphatic heterocycles. The molecule has 0 radical (unpaired) electrons. The second kappa shape index (κ2) is 8.94. The molecular weight excluding hydrogens is 356 g/mol. The van der Waals surface area contributed by atoms with Gasteiger partial charge in [0.2, 0.25) is 0 Å². The van der Waals surface area contributed by atoms with Gasteiger partial charge < -0.3 is 10.2 Å². The van der Waals surface area contributed by atoms with Crippen LogP contribution in [0.1, 0.15) is 86.0 Å². The minimum Gasteiger partial charge on any atom is -0.393 e. The van der Waals surface area contributed by atoms with Crippen LogP contribution in [0.4, 0.5) is 0 Å². The maximum Gasteiger partial charge on any atom is 0.0651 e. The highest BCUT2D eigenvalue weighted by Crippen LogP contribution is 2.56. The van der Waals surface area contributed by atoms with Gasteiger partial charge in [-0.1, -0.05) is 67.9 Å². The average molecular weight is 399 g/mol. The fraction of sp³-hybridized carbons (Fsp3) is 0.704. The van der Waals surface area contributed by atoms with E-state index in [0.717, 1.165) is 32.1 Å². The van der Waals surface area contributed by atoms with E-state index in [1.807, 2.05) is 13.8 Å². The molecule has 3 aliphatic carbocycles. The van der Waals surface area contributed by atoms with Gasteiger partial charge in [0.15, 0.2) is 0 Å². The van der Waals surface area contributed by atoms with E-state index >= 15 is 0 Å². The van der Waals surface area contributed by atoms with Crippen molar-refractivity contribution in [2.45, 2.75) is 97.7 Å². The van der Waals surface area contributed by atoms with Gasteiger partial charge in [0.1, 0.15) is 0 Å². The van der Waals surface area contributed by atoms with E-state index in [-0.39, 0.29) is 17.4 Å². The van der Waals surface area contributed by atoms with E-state index in [2.05, 4.69) is 51.2 Å². The molecule has 0 amide bonds. The van der Waals surface area contributed by atoms with Gasteiger partial charge in [-0.15, -0.1) is 0 Å². The lowest BCUT2D eigenvalue weighted by molar-refractivity contribution is 0.0439. The quantitative estimate of drug-likeness (QED) is 0.518. The van der Waals surface area contributed by atoms with E-state index in [9.17, 15) is 10.2 Å². The molecule has 2 nitrogen and oxygen atoms in total. The summed E-state index contributed by atoms with van der Waals surface area (Å²) in [6.07, 6.45) is 20.6. The minimum absolute atomic E-state index is 0.135. The van der Waals surface area contributed by atoms with Crippen LogP contribution in [0.5, 0.6) is 0 Å². The predicted octanol–water partition coefficient (Wildman–Crippen LogP) is 6.51. The summed E-state index contributed by atoms with van der Waals surface area (Å²) in [6.45, 7) is 10.7. The number of rotatable bonds is 5. The van der Waals surface area contributed by atoms with Crippen LogP contribution in [0.15, 0.2) is 47.1 Å². The van der Waals surface area contributed by atoms with E-state index in [0.29, 0.717) is 11.8 Å². The average Bonchev–Trinajstić information content (AvgIpc) is 3.01. The Hall–Kier alpha value is -1.12. The second-order valence-corrected chi connectivity index (χ2v) is 10.7. The molecule has 3 aliphatic rings. The minimum atomic E-state index is -0.673. The van der Waals surface area contributed by atoms with Gasteiger partial charge in [0, 0.05) is 5.92 Å². The van der Waals surface area contributed by atoms with Crippen molar-refractivity contribution < 1.29 is 10.2 Å². The van der Waals surface area contributed by atoms with Crippen LogP contribution in [0.2, 0.25) is 0 Å². The summed E-state index contributed by atoms with van der Waals surface area (Å²) >= 11 is 0. The van der Waals surface area contributed by atoms with E-state index in [4.69, 9.17) is 0 Å². The molecule has 0 aromatic rings. The molecule has 162 valence electrons. The number of fused-ring (bicyclic) bond motifs is 1. The second-order valence-electron chi connectivity index (χ2n) is 10.7. The van der Waals surface area contributed by atoms with Crippen LogP contribution in [0.3, 0.4) is 0 Å². The molecule has 2 saturated carbocycles. The van der Waals surface area contributed by atoms with Crippen molar-refractivity contribution in [3.05, 3.63) is 47.1 Å². The van der Waals surface area contributed by atoms with Crippen molar-refractivity contribution in [1.29, 1.82) is 0 Å². The Morgan fingerprint density at radius 1 is 1.14 bits per heavy atom. The first-order chi connectivity index (χ1) is 13.6. The van der Waals surface area contributed by atoms with Crippen molar-refractivity contribution in [1.82, 2.24) is 0 Å². The third-order valence-electron chi connectivity index (χ3n) is 7.97. The molecule has 2 fully saturated rings. The third kappa shape index (κ3) is 5.14. The monoisotopic (exact) mass is 398 g/mol. The molecule has 2 N–H and O–H groups in total. The highest BCUT2D eigenvalue weighted by atomic mass is 16.3. The summed E-state index contributed by atoms with van der Waals surface area (Å²) in [5, 5.41) is 20.2. The molecule has 5 atom stereocenters. The Labute approximate surface area is 178 Å². The Kier molecular flexibility index (Phi) is 6.95. The first kappa shape index (κ1) is 22.6. The number of aliphatic hydroxyl groups is 2. The summed E-state index contributed by atoms with van der Waals surface area (Å²) in [7, 11) is 0. The Balaban J connectivity index is 1.73. The first-order valence-corrected chi connectivity index (χ1v) is 11.8. The molecule has 0 saturated heterocycles. The zero-order valence-corrected chi connectivity index (χ0v) is 19.2. The molecule has 0 aromatic heterocycles. The third-order valence-corrected chi connectivity index (χ3v) is 7.97. The molecule has 0 heterocycles. The molecule has 1 unspecified atom stereocenters. The maximum absolute atomic E-state index is 10.2. The molecule has 29 heavy (non-hydrogen) atoms. The van der Waals surface area contributed by atoms with Gasteiger partial charge in [-0.05, 0) is 82.5 Å². The van der Waals surface area contributed by atoms with Crippen LogP contribution < -0.4 is 0 Å². The van der Waals surface area contributed by atoms with Crippen molar-refractivity contribution in [2.24, 2.45) is 23.2 Å². The fourth-order valence-electron chi connectivity index (χ4n) is 5.68. The molecule has 0 aromatic carbocycles. The smallest absolute Gasteiger partial charge is 0.0651 e. The van der Waals surface area contributed by atoms with Crippen molar-refractivity contribution in [2.75, 3.05) is 0 Å². The first-order valence-electron chi connectivity index (χ1n) is 11.8. The van der Waals surface area contributed by atoms with Gasteiger partial charge in [-0.3, -0.25) is 0 Å². The topological polar surface area (TPSA) is 40.5 Å². The van der Waals surface area contributed by atoms with Gasteiger partial charge in [0.25, 0.3) is 0 Å². The number of hydrogen-bond acceptors (Lipinski definition) is 2. The lowest BCUT2D eigenvalue weighted by Gasteiger charge is -2.42. The van der Waals surface area contributed by atoms with Crippen LogP contribution >= 0.6 is 0 Å². The summed E-state index contributed by atoms with van der Waals surface area (Å²) in [4.78, 5) is 0. The van der Waals surface area contributed by atoms with Gasteiger partial charge in [-0.2, -0.15) is 0 Å². The Bertz CT molecular complexity index is 703. The highest BCUT2D eigenvalue weighted by Gasteiger charge is 2.45. The number of allylic oxidation sites excluding steroid dienone is 6. The zero-order valence-electron chi connectivity index (χ0n) is 19.2. The van der Waals surface area contributed by atoms with Crippen molar-refractivity contribution in [3.63, 3.8) is 0 Å². The summed E-state index contributed by atoms with van der Waals surface area (Å²) in [5.41, 5.74) is 4.21. The zero-order chi connectivity index (χ0) is 21.2. The standard InChI is InChI=1S/C27H42O2/c1-19(11-12-20(2)26(3,4)29)24-15-16-25-22(9-7-17-27(24,25)5)14-13-21-8-6-10-23(28)18-21/h11-15,19-20,23,25,28-29H,6-10,16-18H2,1-5H3/b12-11+,21-13+,22-14+/t19?,20-,23-,25-,27+/m0/s1. The van der Waals surface area contributed by atoms with Crippen LogP contribution in [-0.2, 0) is 0 Å². The summed E-state index contributed by atoms with van der Waals surface area (Å²) < 4.78 is 0. The summed E-state index contributed by atoms with van der Waals surface area (Å²) in [6, 6.07) is 0. The molecule has 0 spiro atoms. The molecule has 0 bridgehead atoms. The van der Waals surface area contributed by atoms with E-state index in [1.54, 1.807) is 11.1 Å². The summed E-state index contributed by atoms with van der Waals surface area (Å²) in [5.74, 6) is 1.19. The van der Waals surface area contributed by atoms with Gasteiger partial charge in [0.05, 0.1) is 11.7 Å². The SMILES string of the molecule is CC(/C=C/[C@H](C)C(C)(C)O)C1=CC[C@H]2/C(=C/C=C3\CCC[C@H](O)C3)CCC[C@]12C. The van der Waals surface area contributed by atoms with Crippen molar-refractivity contribution in [3.8, 4) is 0 Å². The lowest BCUT2D eigenvalue weighted by atomic mass is 9.62. The Morgan fingerprint density at radius 2 is 1.90 bits per heavy atom. The van der Waals surface area contributed by atoms with Crippen LogP contribution in [0.25, 0.3) is 0 Å². The highest BCUT2D eigenvalue weighted by molar-refractivity contribution is 5.36. The van der Waals surface area contributed by atoms with E-state index in [1.165, 1.54) is 24.8 Å². The van der Waals surface area contributed by atoms with Gasteiger partial charge in [-0.25, -0.2) is 0 Å². The van der Waals surface area contributed by atoms with Gasteiger partial charge >= 0.3 is 0 Å². The molecule has 3 rings (SSSR count).